The average molecular weight is 359 g/mol. The maximum absolute atomic E-state index is 12.4. The first-order valence-corrected chi connectivity index (χ1v) is 9.49. The molecule has 0 atom stereocenters. The standard InChI is InChI=1S/C18H21N3O3S/c1-13(2)18-20-17(11-21(18)3)25(22,23)19-10-14-4-6-15(7-5-14)16-8-9-24-12-16/h4-9,11-13,19H,10H2,1-3H3. The first-order valence-electron chi connectivity index (χ1n) is 8.01. The van der Waals surface area contributed by atoms with Crippen molar-refractivity contribution in [1.29, 1.82) is 0 Å². The molecule has 132 valence electrons. The van der Waals surface area contributed by atoms with Gasteiger partial charge in [0.15, 0.2) is 5.03 Å². The summed E-state index contributed by atoms with van der Waals surface area (Å²) in [6, 6.07) is 9.54. The van der Waals surface area contributed by atoms with Crippen molar-refractivity contribution in [2.75, 3.05) is 0 Å². The molecule has 0 saturated heterocycles. The summed E-state index contributed by atoms with van der Waals surface area (Å²) in [5.74, 6) is 0.897. The fraction of sp³-hybridized carbons (Fsp3) is 0.278. The molecule has 2 heterocycles. The van der Waals surface area contributed by atoms with Crippen molar-refractivity contribution >= 4 is 10.0 Å². The van der Waals surface area contributed by atoms with Crippen LogP contribution in [-0.2, 0) is 23.6 Å². The third-order valence-corrected chi connectivity index (χ3v) is 5.23. The van der Waals surface area contributed by atoms with Crippen molar-refractivity contribution in [3.63, 3.8) is 0 Å². The highest BCUT2D eigenvalue weighted by Gasteiger charge is 2.20. The van der Waals surface area contributed by atoms with Crippen molar-refractivity contribution in [1.82, 2.24) is 14.3 Å². The Morgan fingerprint density at radius 1 is 1.16 bits per heavy atom. The first-order chi connectivity index (χ1) is 11.9. The van der Waals surface area contributed by atoms with Gasteiger partial charge in [0.2, 0.25) is 0 Å². The highest BCUT2D eigenvalue weighted by molar-refractivity contribution is 7.89. The average Bonchev–Trinajstić information content (AvgIpc) is 3.23. The van der Waals surface area contributed by atoms with Crippen LogP contribution < -0.4 is 4.72 Å². The Balaban J connectivity index is 1.71. The van der Waals surface area contributed by atoms with Crippen LogP contribution in [0, 0.1) is 0 Å². The van der Waals surface area contributed by atoms with Crippen LogP contribution in [0.4, 0.5) is 0 Å². The van der Waals surface area contributed by atoms with Crippen LogP contribution >= 0.6 is 0 Å². The molecule has 0 aliphatic heterocycles. The van der Waals surface area contributed by atoms with Gasteiger partial charge in [-0.1, -0.05) is 38.1 Å². The Hall–Kier alpha value is -2.38. The Morgan fingerprint density at radius 3 is 2.44 bits per heavy atom. The summed E-state index contributed by atoms with van der Waals surface area (Å²) in [4.78, 5) is 4.24. The summed E-state index contributed by atoms with van der Waals surface area (Å²) in [6.45, 7) is 4.17. The van der Waals surface area contributed by atoms with Gasteiger partial charge in [-0.3, -0.25) is 0 Å². The van der Waals surface area contributed by atoms with Crippen LogP contribution in [0.25, 0.3) is 11.1 Å². The fourth-order valence-corrected chi connectivity index (χ4v) is 3.63. The molecule has 3 aromatic rings. The van der Waals surface area contributed by atoms with E-state index in [1.807, 2.05) is 44.2 Å². The largest absolute Gasteiger partial charge is 0.472 e. The number of imidazole rings is 1. The lowest BCUT2D eigenvalue weighted by molar-refractivity contribution is 0.568. The molecule has 0 unspecified atom stereocenters. The van der Waals surface area contributed by atoms with Gasteiger partial charge in [0, 0.05) is 31.3 Å². The highest BCUT2D eigenvalue weighted by Crippen LogP contribution is 2.20. The maximum atomic E-state index is 12.4. The minimum absolute atomic E-state index is 0.0497. The monoisotopic (exact) mass is 359 g/mol. The Kier molecular flexibility index (Phi) is 4.78. The zero-order valence-electron chi connectivity index (χ0n) is 14.4. The number of nitrogens with zero attached hydrogens (tertiary/aromatic N) is 2. The third kappa shape index (κ3) is 3.83. The van der Waals surface area contributed by atoms with Gasteiger partial charge >= 0.3 is 0 Å². The SMILES string of the molecule is CC(C)c1nc(S(=O)(=O)NCc2ccc(-c3ccoc3)cc2)cn1C. The molecule has 0 aliphatic rings. The number of hydrogen-bond donors (Lipinski definition) is 1. The quantitative estimate of drug-likeness (QED) is 0.733. The second kappa shape index (κ2) is 6.85. The predicted molar refractivity (Wildman–Crippen MR) is 95.5 cm³/mol. The molecule has 1 N–H and O–H groups in total. The van der Waals surface area contributed by atoms with E-state index in [1.165, 1.54) is 0 Å². The number of aromatic nitrogens is 2. The van der Waals surface area contributed by atoms with Crippen LogP contribution in [0.5, 0.6) is 0 Å². The summed E-state index contributed by atoms with van der Waals surface area (Å²) >= 11 is 0. The van der Waals surface area contributed by atoms with Crippen LogP contribution in [0.15, 0.2) is 58.5 Å². The highest BCUT2D eigenvalue weighted by atomic mass is 32.2. The van der Waals surface area contributed by atoms with Crippen LogP contribution in [0.3, 0.4) is 0 Å². The third-order valence-electron chi connectivity index (χ3n) is 3.96. The molecule has 0 amide bonds. The normalized spacial score (nSPS) is 12.0. The second-order valence-electron chi connectivity index (χ2n) is 6.24. The van der Waals surface area contributed by atoms with E-state index in [4.69, 9.17) is 4.42 Å². The van der Waals surface area contributed by atoms with Gasteiger partial charge < -0.3 is 8.98 Å². The van der Waals surface area contributed by atoms with E-state index < -0.39 is 10.0 Å². The molecular formula is C18H21N3O3S. The number of sulfonamides is 1. The number of rotatable bonds is 6. The van der Waals surface area contributed by atoms with E-state index in [2.05, 4.69) is 9.71 Å². The summed E-state index contributed by atoms with van der Waals surface area (Å²) in [5, 5.41) is 0.0497. The minimum Gasteiger partial charge on any atom is -0.472 e. The van der Waals surface area contributed by atoms with E-state index in [-0.39, 0.29) is 17.5 Å². The van der Waals surface area contributed by atoms with Gasteiger partial charge in [0.25, 0.3) is 10.0 Å². The summed E-state index contributed by atoms with van der Waals surface area (Å²) in [5.41, 5.74) is 2.88. The van der Waals surface area contributed by atoms with Crippen LogP contribution in [-0.4, -0.2) is 18.0 Å². The zero-order valence-corrected chi connectivity index (χ0v) is 15.2. The Labute approximate surface area is 147 Å². The van der Waals surface area contributed by atoms with Gasteiger partial charge in [-0.2, -0.15) is 0 Å². The molecule has 25 heavy (non-hydrogen) atoms. The lowest BCUT2D eigenvalue weighted by atomic mass is 10.1. The molecule has 6 nitrogen and oxygen atoms in total. The number of hydrogen-bond acceptors (Lipinski definition) is 4. The zero-order chi connectivity index (χ0) is 18.0. The molecular weight excluding hydrogens is 338 g/mol. The molecule has 3 rings (SSSR count). The second-order valence-corrected chi connectivity index (χ2v) is 7.95. The number of benzene rings is 1. The molecule has 0 spiro atoms. The fourth-order valence-electron chi connectivity index (χ4n) is 2.61. The summed E-state index contributed by atoms with van der Waals surface area (Å²) in [6.07, 6.45) is 4.83. The number of nitrogens with one attached hydrogen (secondary N) is 1. The van der Waals surface area contributed by atoms with Gasteiger partial charge in [-0.25, -0.2) is 18.1 Å². The predicted octanol–water partition coefficient (Wildman–Crippen LogP) is 3.28. The molecule has 7 heteroatoms. The molecule has 0 radical (unpaired) electrons. The maximum Gasteiger partial charge on any atom is 0.259 e. The smallest absolute Gasteiger partial charge is 0.259 e. The van der Waals surface area contributed by atoms with Crippen molar-refractivity contribution in [2.24, 2.45) is 7.05 Å². The van der Waals surface area contributed by atoms with Gasteiger partial charge in [-0.15, -0.1) is 0 Å². The van der Waals surface area contributed by atoms with Crippen LogP contribution in [0.2, 0.25) is 0 Å². The van der Waals surface area contributed by atoms with E-state index in [9.17, 15) is 8.42 Å². The molecule has 1 aromatic carbocycles. The van der Waals surface area contributed by atoms with Crippen LogP contribution in [0.1, 0.15) is 31.2 Å². The molecule has 2 aromatic heterocycles. The molecule has 0 bridgehead atoms. The molecule has 0 saturated carbocycles. The number of aryl methyl sites for hydroxylation is 1. The van der Waals surface area contributed by atoms with E-state index in [0.717, 1.165) is 22.5 Å². The van der Waals surface area contributed by atoms with Gasteiger partial charge in [-0.05, 0) is 17.2 Å². The molecule has 0 aliphatic carbocycles. The lowest BCUT2D eigenvalue weighted by Gasteiger charge is -2.05. The number of furan rings is 1. The Morgan fingerprint density at radius 2 is 1.88 bits per heavy atom. The molecule has 0 fully saturated rings. The summed E-state index contributed by atoms with van der Waals surface area (Å²) < 4.78 is 34.3. The minimum atomic E-state index is -3.64. The first kappa shape index (κ1) is 17.4. The van der Waals surface area contributed by atoms with Gasteiger partial charge in [0.05, 0.1) is 12.5 Å². The van der Waals surface area contributed by atoms with Gasteiger partial charge in [0.1, 0.15) is 5.82 Å². The van der Waals surface area contributed by atoms with Crippen molar-refractivity contribution in [2.45, 2.75) is 31.3 Å². The van der Waals surface area contributed by atoms with E-state index in [1.54, 1.807) is 30.3 Å². The lowest BCUT2D eigenvalue weighted by Crippen LogP contribution is -2.23. The van der Waals surface area contributed by atoms with Crippen molar-refractivity contribution < 1.29 is 12.8 Å². The van der Waals surface area contributed by atoms with E-state index >= 15 is 0 Å². The van der Waals surface area contributed by atoms with E-state index in [0.29, 0.717) is 0 Å². The topological polar surface area (TPSA) is 77.1 Å². The summed E-state index contributed by atoms with van der Waals surface area (Å²) in [7, 11) is -1.84. The Bertz CT molecular complexity index is 940. The van der Waals surface area contributed by atoms with Crippen molar-refractivity contribution in [3.05, 3.63) is 60.4 Å². The van der Waals surface area contributed by atoms with Crippen molar-refractivity contribution in [3.8, 4) is 11.1 Å².